The van der Waals surface area contributed by atoms with Crippen LogP contribution < -0.4 is 0 Å². The number of carbonyl (C=O) groups excluding carboxylic acids is 1. The van der Waals surface area contributed by atoms with Crippen LogP contribution in [-0.2, 0) is 20.7 Å². The SMILES string of the molecule is Cc1cccc(C)c1CC(=O)N1CCOC(CC(=O)O)C1. The second-order valence-electron chi connectivity index (χ2n) is 5.48. The molecule has 1 aliphatic rings. The van der Waals surface area contributed by atoms with Crippen molar-refractivity contribution < 1.29 is 19.4 Å². The number of amides is 1. The lowest BCUT2D eigenvalue weighted by Crippen LogP contribution is -2.46. The van der Waals surface area contributed by atoms with Gasteiger partial charge in [0.25, 0.3) is 0 Å². The van der Waals surface area contributed by atoms with Crippen LogP contribution in [-0.4, -0.2) is 47.7 Å². The average Bonchev–Trinajstić information content (AvgIpc) is 2.42. The van der Waals surface area contributed by atoms with Crippen molar-refractivity contribution >= 4 is 11.9 Å². The summed E-state index contributed by atoms with van der Waals surface area (Å²) in [5.41, 5.74) is 3.28. The predicted octanol–water partition coefficient (Wildman–Crippen LogP) is 1.55. The standard InChI is InChI=1S/C16H21NO4/c1-11-4-3-5-12(2)14(11)9-15(18)17-6-7-21-13(10-17)8-16(19)20/h3-5,13H,6-10H2,1-2H3,(H,19,20). The number of carboxylic acid groups (broad SMARTS) is 1. The number of morpholine rings is 1. The van der Waals surface area contributed by atoms with Crippen molar-refractivity contribution in [3.05, 3.63) is 34.9 Å². The summed E-state index contributed by atoms with van der Waals surface area (Å²) in [7, 11) is 0. The maximum Gasteiger partial charge on any atom is 0.306 e. The maximum atomic E-state index is 12.4. The quantitative estimate of drug-likeness (QED) is 0.914. The molecular weight excluding hydrogens is 270 g/mol. The molecule has 21 heavy (non-hydrogen) atoms. The van der Waals surface area contributed by atoms with Crippen molar-refractivity contribution in [1.82, 2.24) is 4.90 Å². The van der Waals surface area contributed by atoms with Crippen LogP contribution in [0.25, 0.3) is 0 Å². The fraction of sp³-hybridized carbons (Fsp3) is 0.500. The summed E-state index contributed by atoms with van der Waals surface area (Å²) in [5.74, 6) is -0.866. The van der Waals surface area contributed by atoms with E-state index in [-0.39, 0.29) is 12.3 Å². The predicted molar refractivity (Wildman–Crippen MR) is 78.2 cm³/mol. The first-order chi connectivity index (χ1) is 9.97. The molecule has 0 spiro atoms. The molecule has 1 atom stereocenters. The third-order valence-electron chi connectivity index (χ3n) is 3.87. The van der Waals surface area contributed by atoms with Crippen molar-refractivity contribution in [2.45, 2.75) is 32.8 Å². The van der Waals surface area contributed by atoms with E-state index in [2.05, 4.69) is 0 Å². The van der Waals surface area contributed by atoms with Gasteiger partial charge in [-0.3, -0.25) is 9.59 Å². The van der Waals surface area contributed by atoms with Gasteiger partial charge in [0, 0.05) is 13.1 Å². The summed E-state index contributed by atoms with van der Waals surface area (Å²) in [5, 5.41) is 8.82. The van der Waals surface area contributed by atoms with Gasteiger partial charge in [-0.05, 0) is 30.5 Å². The highest BCUT2D eigenvalue weighted by Gasteiger charge is 2.26. The zero-order valence-electron chi connectivity index (χ0n) is 12.5. The molecule has 1 aromatic rings. The highest BCUT2D eigenvalue weighted by molar-refractivity contribution is 5.79. The molecule has 1 unspecified atom stereocenters. The molecule has 1 amide bonds. The second-order valence-corrected chi connectivity index (χ2v) is 5.48. The molecular formula is C16H21NO4. The summed E-state index contributed by atoms with van der Waals surface area (Å²) in [6, 6.07) is 5.99. The number of rotatable bonds is 4. The Morgan fingerprint density at radius 1 is 1.33 bits per heavy atom. The number of nitrogens with zero attached hydrogens (tertiary/aromatic N) is 1. The second kappa shape index (κ2) is 6.72. The molecule has 0 aliphatic carbocycles. The lowest BCUT2D eigenvalue weighted by molar-refractivity contribution is -0.147. The monoisotopic (exact) mass is 291 g/mol. The normalized spacial score (nSPS) is 18.6. The molecule has 1 aromatic carbocycles. The van der Waals surface area contributed by atoms with Crippen LogP contribution in [0.5, 0.6) is 0 Å². The summed E-state index contributed by atoms with van der Waals surface area (Å²) in [6.45, 7) is 5.29. The van der Waals surface area contributed by atoms with E-state index in [9.17, 15) is 9.59 Å². The molecule has 1 heterocycles. The van der Waals surface area contributed by atoms with Crippen LogP contribution in [0.1, 0.15) is 23.1 Å². The van der Waals surface area contributed by atoms with E-state index in [0.717, 1.165) is 16.7 Å². The highest BCUT2D eigenvalue weighted by atomic mass is 16.5. The Labute approximate surface area is 124 Å². The summed E-state index contributed by atoms with van der Waals surface area (Å²) in [4.78, 5) is 24.9. The molecule has 5 heteroatoms. The average molecular weight is 291 g/mol. The molecule has 0 saturated carbocycles. The number of benzene rings is 1. The first-order valence-electron chi connectivity index (χ1n) is 7.13. The van der Waals surface area contributed by atoms with E-state index in [1.54, 1.807) is 4.90 Å². The Morgan fingerprint density at radius 3 is 2.62 bits per heavy atom. The summed E-state index contributed by atoms with van der Waals surface area (Å²) >= 11 is 0. The number of carbonyl (C=O) groups is 2. The van der Waals surface area contributed by atoms with Crippen LogP contribution in [0.3, 0.4) is 0 Å². The van der Waals surface area contributed by atoms with E-state index in [1.165, 1.54) is 0 Å². The van der Waals surface area contributed by atoms with E-state index in [4.69, 9.17) is 9.84 Å². The molecule has 5 nitrogen and oxygen atoms in total. The van der Waals surface area contributed by atoms with Gasteiger partial charge in [-0.25, -0.2) is 0 Å². The third-order valence-corrected chi connectivity index (χ3v) is 3.87. The molecule has 0 bridgehead atoms. The van der Waals surface area contributed by atoms with Crippen molar-refractivity contribution in [1.29, 1.82) is 0 Å². The van der Waals surface area contributed by atoms with Crippen LogP contribution in [0.2, 0.25) is 0 Å². The first kappa shape index (κ1) is 15.5. The number of ether oxygens (including phenoxy) is 1. The van der Waals surface area contributed by atoms with Crippen LogP contribution in [0, 0.1) is 13.8 Å². The fourth-order valence-electron chi connectivity index (χ4n) is 2.65. The Bertz CT molecular complexity index is 521. The summed E-state index contributed by atoms with van der Waals surface area (Å²) < 4.78 is 5.39. The molecule has 0 radical (unpaired) electrons. The van der Waals surface area contributed by atoms with Crippen LogP contribution in [0.4, 0.5) is 0 Å². The third kappa shape index (κ3) is 4.04. The Morgan fingerprint density at radius 2 is 2.00 bits per heavy atom. The van der Waals surface area contributed by atoms with Gasteiger partial charge in [0.05, 0.1) is 25.6 Å². The van der Waals surface area contributed by atoms with Gasteiger partial charge in [-0.2, -0.15) is 0 Å². The minimum atomic E-state index is -0.899. The zero-order chi connectivity index (χ0) is 15.4. The Hall–Kier alpha value is -1.88. The lowest BCUT2D eigenvalue weighted by atomic mass is 9.99. The van der Waals surface area contributed by atoms with Crippen LogP contribution >= 0.6 is 0 Å². The largest absolute Gasteiger partial charge is 0.481 e. The van der Waals surface area contributed by atoms with Crippen molar-refractivity contribution in [3.8, 4) is 0 Å². The van der Waals surface area contributed by atoms with E-state index in [0.29, 0.717) is 26.1 Å². The minimum absolute atomic E-state index is 0.0334. The molecule has 0 aromatic heterocycles. The van der Waals surface area contributed by atoms with Gasteiger partial charge < -0.3 is 14.7 Å². The van der Waals surface area contributed by atoms with Gasteiger partial charge >= 0.3 is 5.97 Å². The van der Waals surface area contributed by atoms with E-state index >= 15 is 0 Å². The number of carboxylic acids is 1. The smallest absolute Gasteiger partial charge is 0.306 e. The van der Waals surface area contributed by atoms with Gasteiger partial charge in [0.1, 0.15) is 0 Å². The minimum Gasteiger partial charge on any atom is -0.481 e. The first-order valence-corrected chi connectivity index (χ1v) is 7.13. The molecule has 1 N–H and O–H groups in total. The molecule has 2 rings (SSSR count). The van der Waals surface area contributed by atoms with Gasteiger partial charge in [-0.1, -0.05) is 18.2 Å². The van der Waals surface area contributed by atoms with Gasteiger partial charge in [0.2, 0.25) is 5.91 Å². The number of hydrogen-bond acceptors (Lipinski definition) is 3. The number of aliphatic carboxylic acids is 1. The zero-order valence-corrected chi connectivity index (χ0v) is 12.5. The van der Waals surface area contributed by atoms with Crippen LogP contribution in [0.15, 0.2) is 18.2 Å². The van der Waals surface area contributed by atoms with Crippen molar-refractivity contribution in [2.24, 2.45) is 0 Å². The van der Waals surface area contributed by atoms with Crippen molar-refractivity contribution in [2.75, 3.05) is 19.7 Å². The fourth-order valence-corrected chi connectivity index (χ4v) is 2.65. The molecule has 1 fully saturated rings. The topological polar surface area (TPSA) is 66.8 Å². The van der Waals surface area contributed by atoms with Crippen molar-refractivity contribution in [3.63, 3.8) is 0 Å². The molecule has 1 saturated heterocycles. The summed E-state index contributed by atoms with van der Waals surface area (Å²) in [6.07, 6.45) is -0.107. The van der Waals surface area contributed by atoms with E-state index < -0.39 is 12.1 Å². The lowest BCUT2D eigenvalue weighted by Gasteiger charge is -2.32. The Balaban J connectivity index is 2.01. The Kier molecular flexibility index (Phi) is 4.96. The molecule has 1 aliphatic heterocycles. The molecule has 114 valence electrons. The number of hydrogen-bond donors (Lipinski definition) is 1. The van der Waals surface area contributed by atoms with E-state index in [1.807, 2.05) is 32.0 Å². The highest BCUT2D eigenvalue weighted by Crippen LogP contribution is 2.16. The van der Waals surface area contributed by atoms with Gasteiger partial charge in [0.15, 0.2) is 0 Å². The maximum absolute atomic E-state index is 12.4. The van der Waals surface area contributed by atoms with Gasteiger partial charge in [-0.15, -0.1) is 0 Å². The number of aryl methyl sites for hydroxylation is 2.